The summed E-state index contributed by atoms with van der Waals surface area (Å²) in [5.74, 6) is 0. The van der Waals surface area contributed by atoms with Gasteiger partial charge in [-0.2, -0.15) is 0 Å². The molecule has 0 spiro atoms. The zero-order valence-electron chi connectivity index (χ0n) is 17.1. The summed E-state index contributed by atoms with van der Waals surface area (Å²) < 4.78 is 0. The highest BCUT2D eigenvalue weighted by Gasteiger charge is 2.05. The second-order valence-corrected chi connectivity index (χ2v) is 8.44. The minimum Gasteiger partial charge on any atom is -0.375 e. The van der Waals surface area contributed by atoms with Crippen molar-refractivity contribution in [2.24, 2.45) is 0 Å². The molecule has 0 amide bonds. The van der Waals surface area contributed by atoms with Crippen LogP contribution in [0.15, 0.2) is 82.6 Å². The number of hydrogen-bond acceptors (Lipinski definition) is 3. The van der Waals surface area contributed by atoms with E-state index in [4.69, 9.17) is 0 Å². The van der Waals surface area contributed by atoms with Gasteiger partial charge < -0.3 is 10.2 Å². The van der Waals surface area contributed by atoms with E-state index in [2.05, 4.69) is 104 Å². The van der Waals surface area contributed by atoms with Crippen LogP contribution in [0.2, 0.25) is 0 Å². The molecular formula is C25H30N2S. The Morgan fingerprint density at radius 3 is 2.29 bits per heavy atom. The summed E-state index contributed by atoms with van der Waals surface area (Å²) in [6.45, 7) is 7.30. The van der Waals surface area contributed by atoms with Gasteiger partial charge in [0, 0.05) is 35.6 Å². The van der Waals surface area contributed by atoms with Crippen LogP contribution < -0.4 is 10.2 Å². The van der Waals surface area contributed by atoms with Gasteiger partial charge in [0.05, 0.1) is 0 Å². The Labute approximate surface area is 174 Å². The molecule has 3 aromatic carbocycles. The van der Waals surface area contributed by atoms with Crippen molar-refractivity contribution in [1.29, 1.82) is 0 Å². The van der Waals surface area contributed by atoms with Crippen molar-refractivity contribution in [2.75, 3.05) is 25.0 Å². The molecule has 3 rings (SSSR count). The third-order valence-corrected chi connectivity index (χ3v) is 5.84. The molecule has 28 heavy (non-hydrogen) atoms. The fraction of sp³-hybridized carbons (Fsp3) is 0.280. The van der Waals surface area contributed by atoms with Gasteiger partial charge in [-0.25, -0.2) is 0 Å². The average Bonchev–Trinajstić information content (AvgIpc) is 2.68. The summed E-state index contributed by atoms with van der Waals surface area (Å²) in [6, 6.07) is 26.0. The molecule has 2 nitrogen and oxygen atoms in total. The van der Waals surface area contributed by atoms with Crippen LogP contribution >= 0.6 is 11.8 Å². The van der Waals surface area contributed by atoms with Crippen molar-refractivity contribution in [3.05, 3.63) is 89.5 Å². The highest BCUT2D eigenvalue weighted by molar-refractivity contribution is 7.99. The summed E-state index contributed by atoms with van der Waals surface area (Å²) in [5, 5.41) is 3.62. The van der Waals surface area contributed by atoms with Crippen LogP contribution in [0.25, 0.3) is 0 Å². The van der Waals surface area contributed by atoms with Crippen molar-refractivity contribution >= 4 is 17.4 Å². The molecule has 0 aliphatic heterocycles. The van der Waals surface area contributed by atoms with E-state index < -0.39 is 0 Å². The van der Waals surface area contributed by atoms with Crippen LogP contribution in [0, 0.1) is 13.8 Å². The number of para-hydroxylation sites is 1. The Balaban J connectivity index is 1.50. The van der Waals surface area contributed by atoms with Gasteiger partial charge in [0.2, 0.25) is 0 Å². The lowest BCUT2D eigenvalue weighted by Crippen LogP contribution is -2.23. The van der Waals surface area contributed by atoms with E-state index in [0.717, 1.165) is 26.1 Å². The Morgan fingerprint density at radius 1 is 0.857 bits per heavy atom. The molecule has 1 N–H and O–H groups in total. The molecule has 0 saturated heterocycles. The molecular weight excluding hydrogens is 360 g/mol. The van der Waals surface area contributed by atoms with Crippen molar-refractivity contribution in [3.63, 3.8) is 0 Å². The van der Waals surface area contributed by atoms with Crippen LogP contribution in [0.1, 0.15) is 23.1 Å². The number of nitrogens with zero attached hydrogens (tertiary/aromatic N) is 1. The van der Waals surface area contributed by atoms with E-state index in [0.29, 0.717) is 0 Å². The van der Waals surface area contributed by atoms with E-state index in [-0.39, 0.29) is 0 Å². The quantitative estimate of drug-likeness (QED) is 0.446. The smallest absolute Gasteiger partial charge is 0.0363 e. The number of hydrogen-bond donors (Lipinski definition) is 1. The van der Waals surface area contributed by atoms with Crippen molar-refractivity contribution in [1.82, 2.24) is 5.32 Å². The summed E-state index contributed by atoms with van der Waals surface area (Å²) in [4.78, 5) is 4.96. The van der Waals surface area contributed by atoms with Crippen LogP contribution in [0.3, 0.4) is 0 Å². The number of benzene rings is 3. The standard InChI is InChI=1S/C25H30N2S/c1-20-16-21(2)18-24(17-20)28-25-13-8-7-10-22(25)19-26-14-9-15-27(3)23-11-5-4-6-12-23/h4-8,10-13,16-18,26H,9,14-15,19H2,1-3H3. The third-order valence-electron chi connectivity index (χ3n) is 4.76. The summed E-state index contributed by atoms with van der Waals surface area (Å²) in [6.07, 6.45) is 1.12. The first-order valence-electron chi connectivity index (χ1n) is 9.93. The van der Waals surface area contributed by atoms with Crippen molar-refractivity contribution < 1.29 is 0 Å². The minimum absolute atomic E-state index is 0.906. The van der Waals surface area contributed by atoms with E-state index in [1.807, 2.05) is 11.8 Å². The monoisotopic (exact) mass is 390 g/mol. The fourth-order valence-electron chi connectivity index (χ4n) is 3.34. The Kier molecular flexibility index (Phi) is 7.58. The highest BCUT2D eigenvalue weighted by atomic mass is 32.2. The average molecular weight is 391 g/mol. The maximum absolute atomic E-state index is 3.62. The lowest BCUT2D eigenvalue weighted by molar-refractivity contribution is 0.641. The number of rotatable bonds is 9. The first kappa shape index (κ1) is 20.5. The first-order valence-corrected chi connectivity index (χ1v) is 10.7. The Bertz CT molecular complexity index is 856. The lowest BCUT2D eigenvalue weighted by Gasteiger charge is -2.19. The second kappa shape index (κ2) is 10.4. The Morgan fingerprint density at radius 2 is 1.54 bits per heavy atom. The van der Waals surface area contributed by atoms with Gasteiger partial charge in [-0.15, -0.1) is 0 Å². The van der Waals surface area contributed by atoms with Gasteiger partial charge in [-0.3, -0.25) is 0 Å². The maximum Gasteiger partial charge on any atom is 0.0363 e. The van der Waals surface area contributed by atoms with Crippen LogP contribution in [0.4, 0.5) is 5.69 Å². The van der Waals surface area contributed by atoms with Crippen molar-refractivity contribution in [2.45, 2.75) is 36.6 Å². The molecule has 0 heterocycles. The van der Waals surface area contributed by atoms with Gasteiger partial charge >= 0.3 is 0 Å². The van der Waals surface area contributed by atoms with E-state index in [1.54, 1.807) is 0 Å². The molecule has 0 aliphatic carbocycles. The second-order valence-electron chi connectivity index (χ2n) is 7.32. The van der Waals surface area contributed by atoms with Gasteiger partial charge in [0.15, 0.2) is 0 Å². The largest absolute Gasteiger partial charge is 0.375 e. The molecule has 3 heteroatoms. The number of nitrogens with one attached hydrogen (secondary N) is 1. The van der Waals surface area contributed by atoms with E-state index in [9.17, 15) is 0 Å². The van der Waals surface area contributed by atoms with Crippen LogP contribution in [-0.2, 0) is 6.54 Å². The van der Waals surface area contributed by atoms with Gasteiger partial charge in [0.1, 0.15) is 0 Å². The van der Waals surface area contributed by atoms with Gasteiger partial charge in [0.25, 0.3) is 0 Å². The van der Waals surface area contributed by atoms with Gasteiger partial charge in [-0.1, -0.05) is 54.2 Å². The third kappa shape index (κ3) is 6.15. The number of aryl methyl sites for hydroxylation is 2. The first-order chi connectivity index (χ1) is 13.6. The minimum atomic E-state index is 0.906. The molecule has 0 atom stereocenters. The molecule has 0 radical (unpaired) electrons. The van der Waals surface area contributed by atoms with E-state index >= 15 is 0 Å². The van der Waals surface area contributed by atoms with Crippen LogP contribution in [-0.4, -0.2) is 20.1 Å². The lowest BCUT2D eigenvalue weighted by atomic mass is 10.2. The molecule has 0 bridgehead atoms. The van der Waals surface area contributed by atoms with Crippen molar-refractivity contribution in [3.8, 4) is 0 Å². The molecule has 3 aromatic rings. The molecule has 0 unspecified atom stereocenters. The topological polar surface area (TPSA) is 15.3 Å². The number of anilines is 1. The Hall–Kier alpha value is -2.23. The summed E-state index contributed by atoms with van der Waals surface area (Å²) in [7, 11) is 2.16. The normalized spacial score (nSPS) is 10.8. The van der Waals surface area contributed by atoms with Gasteiger partial charge in [-0.05, 0) is 73.8 Å². The fourth-order valence-corrected chi connectivity index (χ4v) is 4.51. The summed E-state index contributed by atoms with van der Waals surface area (Å²) >= 11 is 1.86. The predicted octanol–water partition coefficient (Wildman–Crippen LogP) is 6.07. The zero-order chi connectivity index (χ0) is 19.8. The summed E-state index contributed by atoms with van der Waals surface area (Å²) in [5.41, 5.74) is 5.28. The SMILES string of the molecule is Cc1cc(C)cc(Sc2ccccc2CNCCCN(C)c2ccccc2)c1. The molecule has 0 saturated carbocycles. The van der Waals surface area contributed by atoms with Crippen LogP contribution in [0.5, 0.6) is 0 Å². The highest BCUT2D eigenvalue weighted by Crippen LogP contribution is 2.31. The van der Waals surface area contributed by atoms with E-state index in [1.165, 1.54) is 32.2 Å². The maximum atomic E-state index is 3.62. The zero-order valence-corrected chi connectivity index (χ0v) is 17.9. The molecule has 0 aromatic heterocycles. The molecule has 0 aliphatic rings. The molecule has 0 fully saturated rings. The molecule has 146 valence electrons. The predicted molar refractivity (Wildman–Crippen MR) is 123 cm³/mol.